The van der Waals surface area contributed by atoms with Crippen LogP contribution in [-0.4, -0.2) is 15.3 Å². The number of hydrogen-bond donors (Lipinski definition) is 1. The van der Waals surface area contributed by atoms with E-state index in [0.29, 0.717) is 0 Å². The molecule has 0 fully saturated rings. The summed E-state index contributed by atoms with van der Waals surface area (Å²) in [6, 6.07) is 8.22. The van der Waals surface area contributed by atoms with E-state index < -0.39 is 0 Å². The molecule has 2 rings (SSSR count). The van der Waals surface area contributed by atoms with Crippen molar-refractivity contribution < 1.29 is 0 Å². The van der Waals surface area contributed by atoms with E-state index in [1.807, 2.05) is 18.3 Å². The number of rotatable bonds is 5. The molecule has 0 saturated heterocycles. The van der Waals surface area contributed by atoms with E-state index in [0.717, 1.165) is 29.5 Å². The lowest BCUT2D eigenvalue weighted by Gasteiger charge is -2.20. The summed E-state index contributed by atoms with van der Waals surface area (Å²) in [6.07, 6.45) is 4.13. The van der Waals surface area contributed by atoms with Gasteiger partial charge in [-0.05, 0) is 55.3 Å². The zero-order valence-corrected chi connectivity index (χ0v) is 14.9. The average Bonchev–Trinajstić information content (AvgIpc) is 2.80. The van der Waals surface area contributed by atoms with Gasteiger partial charge in [-0.25, -0.2) is 4.68 Å². The van der Waals surface area contributed by atoms with Crippen LogP contribution in [0, 0.1) is 0 Å². The minimum absolute atomic E-state index is 0.110. The van der Waals surface area contributed by atoms with Crippen molar-refractivity contribution >= 4 is 15.9 Å². The molecule has 3 nitrogen and oxygen atoms in total. The third kappa shape index (κ3) is 4.17. The Hall–Kier alpha value is -1.13. The van der Waals surface area contributed by atoms with Crippen LogP contribution >= 0.6 is 15.9 Å². The van der Waals surface area contributed by atoms with Crippen LogP contribution in [-0.2, 0) is 13.0 Å². The molecule has 4 heteroatoms. The fourth-order valence-electron chi connectivity index (χ4n) is 2.25. The summed E-state index contributed by atoms with van der Waals surface area (Å²) in [5.41, 5.74) is 3.78. The van der Waals surface area contributed by atoms with Crippen LogP contribution in [0.2, 0.25) is 0 Å². The minimum atomic E-state index is 0.110. The third-order valence-corrected chi connectivity index (χ3v) is 4.00. The predicted molar refractivity (Wildman–Crippen MR) is 91.9 cm³/mol. The van der Waals surface area contributed by atoms with Gasteiger partial charge in [0.1, 0.15) is 0 Å². The van der Waals surface area contributed by atoms with E-state index in [9.17, 15) is 0 Å². The van der Waals surface area contributed by atoms with Crippen molar-refractivity contribution in [2.75, 3.05) is 0 Å². The fourth-order valence-corrected chi connectivity index (χ4v) is 2.70. The van der Waals surface area contributed by atoms with Gasteiger partial charge in [-0.2, -0.15) is 5.10 Å². The molecular formula is C17H24BrN3. The maximum atomic E-state index is 4.61. The number of nitrogens with zero attached hydrogens (tertiary/aromatic N) is 2. The van der Waals surface area contributed by atoms with Gasteiger partial charge in [0.15, 0.2) is 0 Å². The van der Waals surface area contributed by atoms with Crippen molar-refractivity contribution in [2.45, 2.75) is 52.6 Å². The maximum absolute atomic E-state index is 4.61. The van der Waals surface area contributed by atoms with Gasteiger partial charge in [-0.15, -0.1) is 0 Å². The van der Waals surface area contributed by atoms with Crippen molar-refractivity contribution in [3.63, 3.8) is 0 Å². The highest BCUT2D eigenvalue weighted by Gasteiger charge is 2.15. The van der Waals surface area contributed by atoms with Gasteiger partial charge in [0.05, 0.1) is 11.9 Å². The molecule has 1 aromatic heterocycles. The Morgan fingerprint density at radius 2 is 1.95 bits per heavy atom. The Kier molecular flexibility index (Phi) is 5.22. The van der Waals surface area contributed by atoms with Gasteiger partial charge < -0.3 is 5.32 Å². The number of benzene rings is 1. The summed E-state index contributed by atoms with van der Waals surface area (Å²) in [5.74, 6) is 0. The van der Waals surface area contributed by atoms with Crippen LogP contribution in [0.4, 0.5) is 0 Å². The smallest absolute Gasteiger partial charge is 0.0790 e. The molecule has 0 aliphatic heterocycles. The first-order valence-corrected chi connectivity index (χ1v) is 8.27. The summed E-state index contributed by atoms with van der Waals surface area (Å²) in [7, 11) is 0. The van der Waals surface area contributed by atoms with Gasteiger partial charge in [0.2, 0.25) is 0 Å². The summed E-state index contributed by atoms with van der Waals surface area (Å²) in [5, 5.41) is 8.16. The van der Waals surface area contributed by atoms with Crippen LogP contribution in [0.5, 0.6) is 0 Å². The second-order valence-corrected chi connectivity index (χ2v) is 7.19. The molecule has 0 radical (unpaired) electrons. The maximum Gasteiger partial charge on any atom is 0.0790 e. The number of para-hydroxylation sites is 1. The highest BCUT2D eigenvalue weighted by molar-refractivity contribution is 9.10. The number of halogens is 1. The number of nitrogens with one attached hydrogen (secondary N) is 1. The topological polar surface area (TPSA) is 29.9 Å². The van der Waals surface area contributed by atoms with Crippen molar-refractivity contribution in [1.82, 2.24) is 15.1 Å². The number of aromatic nitrogens is 2. The second-order valence-electron chi connectivity index (χ2n) is 6.33. The standard InChI is InChI=1S/C17H24BrN3/c1-5-8-15-13(11-19-17(2,3)4)12-20-21(15)16-10-7-6-9-14(16)18/h6-7,9-10,12,19H,5,8,11H2,1-4H3. The molecule has 0 unspecified atom stereocenters. The molecule has 0 saturated carbocycles. The van der Waals surface area contributed by atoms with Crippen molar-refractivity contribution in [3.05, 3.63) is 46.2 Å². The van der Waals surface area contributed by atoms with Crippen LogP contribution in [0.1, 0.15) is 45.4 Å². The van der Waals surface area contributed by atoms with E-state index in [-0.39, 0.29) is 5.54 Å². The summed E-state index contributed by atoms with van der Waals surface area (Å²) >= 11 is 3.62. The lowest BCUT2D eigenvalue weighted by molar-refractivity contribution is 0.423. The van der Waals surface area contributed by atoms with E-state index in [1.54, 1.807) is 0 Å². The lowest BCUT2D eigenvalue weighted by atomic mass is 10.1. The quantitative estimate of drug-likeness (QED) is 0.862. The van der Waals surface area contributed by atoms with Crippen LogP contribution in [0.25, 0.3) is 5.69 Å². The van der Waals surface area contributed by atoms with Gasteiger partial charge in [0, 0.05) is 27.8 Å². The van der Waals surface area contributed by atoms with Crippen LogP contribution in [0.15, 0.2) is 34.9 Å². The Morgan fingerprint density at radius 3 is 2.57 bits per heavy atom. The monoisotopic (exact) mass is 349 g/mol. The Morgan fingerprint density at radius 1 is 1.24 bits per heavy atom. The first kappa shape index (κ1) is 16.2. The summed E-state index contributed by atoms with van der Waals surface area (Å²) < 4.78 is 3.13. The van der Waals surface area contributed by atoms with E-state index in [1.165, 1.54) is 11.3 Å². The Balaban J connectivity index is 2.35. The van der Waals surface area contributed by atoms with Crippen molar-refractivity contribution in [2.24, 2.45) is 0 Å². The largest absolute Gasteiger partial charge is 0.308 e. The van der Waals surface area contributed by atoms with E-state index >= 15 is 0 Å². The molecule has 1 heterocycles. The normalized spacial score (nSPS) is 11.9. The molecule has 0 atom stereocenters. The van der Waals surface area contributed by atoms with Crippen LogP contribution in [0.3, 0.4) is 0 Å². The summed E-state index contributed by atoms with van der Waals surface area (Å²) in [6.45, 7) is 9.61. The average molecular weight is 350 g/mol. The molecule has 2 aromatic rings. The molecule has 0 aliphatic carbocycles. The molecule has 0 aliphatic rings. The molecule has 1 aromatic carbocycles. The highest BCUT2D eigenvalue weighted by atomic mass is 79.9. The van der Waals surface area contributed by atoms with Crippen molar-refractivity contribution in [1.29, 1.82) is 0 Å². The molecule has 1 N–H and O–H groups in total. The molecular weight excluding hydrogens is 326 g/mol. The third-order valence-electron chi connectivity index (χ3n) is 3.33. The molecule has 0 amide bonds. The SMILES string of the molecule is CCCc1c(CNC(C)(C)C)cnn1-c1ccccc1Br. The Labute approximate surface area is 135 Å². The van der Waals surface area contributed by atoms with E-state index in [2.05, 4.69) is 70.9 Å². The highest BCUT2D eigenvalue weighted by Crippen LogP contribution is 2.24. The summed E-state index contributed by atoms with van der Waals surface area (Å²) in [4.78, 5) is 0. The van der Waals surface area contributed by atoms with Gasteiger partial charge >= 0.3 is 0 Å². The molecule has 114 valence electrons. The Bertz CT molecular complexity index is 596. The minimum Gasteiger partial charge on any atom is -0.308 e. The zero-order chi connectivity index (χ0) is 15.5. The number of hydrogen-bond acceptors (Lipinski definition) is 2. The van der Waals surface area contributed by atoms with Gasteiger partial charge in [-0.3, -0.25) is 0 Å². The van der Waals surface area contributed by atoms with Crippen molar-refractivity contribution in [3.8, 4) is 5.69 Å². The zero-order valence-electron chi connectivity index (χ0n) is 13.3. The van der Waals surface area contributed by atoms with Gasteiger partial charge in [0.25, 0.3) is 0 Å². The molecule has 0 bridgehead atoms. The fraction of sp³-hybridized carbons (Fsp3) is 0.471. The first-order valence-electron chi connectivity index (χ1n) is 7.48. The first-order chi connectivity index (χ1) is 9.92. The molecule has 0 spiro atoms. The second kappa shape index (κ2) is 6.75. The van der Waals surface area contributed by atoms with Gasteiger partial charge in [-0.1, -0.05) is 25.5 Å². The van der Waals surface area contributed by atoms with Crippen LogP contribution < -0.4 is 5.32 Å². The molecule has 21 heavy (non-hydrogen) atoms. The lowest BCUT2D eigenvalue weighted by Crippen LogP contribution is -2.35. The van der Waals surface area contributed by atoms with E-state index in [4.69, 9.17) is 0 Å². The predicted octanol–water partition coefficient (Wildman–Crippen LogP) is 4.48.